The van der Waals surface area contributed by atoms with Crippen molar-refractivity contribution >= 4 is 35.1 Å². The Balaban J connectivity index is 2.00. The number of carbonyl (C=O) groups is 3. The van der Waals surface area contributed by atoms with Gasteiger partial charge in [-0.05, 0) is 37.3 Å². The van der Waals surface area contributed by atoms with Crippen molar-refractivity contribution in [3.8, 4) is 5.75 Å². The van der Waals surface area contributed by atoms with Crippen molar-refractivity contribution in [2.75, 3.05) is 33.1 Å². The number of nitrogens with zero attached hydrogens (tertiary/aromatic N) is 2. The molecule has 4 rings (SSSR count). The third-order valence-corrected chi connectivity index (χ3v) is 6.93. The van der Waals surface area contributed by atoms with Crippen LogP contribution in [0.15, 0.2) is 36.4 Å². The fraction of sp³-hybridized carbons (Fsp3) is 0.423. The number of aryl methyl sites for hydroxylation is 1. The Kier molecular flexibility index (Phi) is 6.79. The van der Waals surface area contributed by atoms with Crippen molar-refractivity contribution in [3.05, 3.63) is 58.1 Å². The first kappa shape index (κ1) is 25.0. The zero-order valence-electron chi connectivity index (χ0n) is 20.6. The maximum absolute atomic E-state index is 14.1. The third-order valence-electron chi connectivity index (χ3n) is 6.70. The van der Waals surface area contributed by atoms with E-state index in [-0.39, 0.29) is 37.2 Å². The first-order chi connectivity index (χ1) is 16.6. The van der Waals surface area contributed by atoms with Crippen LogP contribution in [-0.4, -0.2) is 67.5 Å². The second kappa shape index (κ2) is 9.51. The monoisotopic (exact) mass is 499 g/mol. The van der Waals surface area contributed by atoms with Gasteiger partial charge in [-0.25, -0.2) is 0 Å². The SMILES string of the molecule is CCC(=O)O[C@@H]1C[C@@H](C(=O)N(C)C)N(C2(c3cc(C)ccc3OC)C(=O)Nc3ccc(Cl)cc32)C1. The van der Waals surface area contributed by atoms with Gasteiger partial charge in [-0.15, -0.1) is 0 Å². The molecule has 9 heteroatoms. The maximum atomic E-state index is 14.1. The summed E-state index contributed by atoms with van der Waals surface area (Å²) in [5.74, 6) is -0.356. The highest BCUT2D eigenvalue weighted by molar-refractivity contribution is 6.31. The minimum atomic E-state index is -1.43. The average molecular weight is 500 g/mol. The minimum absolute atomic E-state index is 0.186. The summed E-state index contributed by atoms with van der Waals surface area (Å²) < 4.78 is 11.4. The van der Waals surface area contributed by atoms with Crippen LogP contribution in [0.2, 0.25) is 5.02 Å². The van der Waals surface area contributed by atoms with Crippen molar-refractivity contribution in [2.24, 2.45) is 0 Å². The van der Waals surface area contributed by atoms with Crippen LogP contribution in [-0.2, 0) is 24.7 Å². The van der Waals surface area contributed by atoms with Crippen LogP contribution in [0.25, 0.3) is 0 Å². The van der Waals surface area contributed by atoms with Gasteiger partial charge in [0.05, 0.1) is 13.2 Å². The number of ether oxygens (including phenoxy) is 2. The Morgan fingerprint density at radius 2 is 1.94 bits per heavy atom. The topological polar surface area (TPSA) is 88.2 Å². The molecule has 0 spiro atoms. The van der Waals surface area contributed by atoms with Crippen LogP contribution in [0.4, 0.5) is 5.69 Å². The number of benzene rings is 2. The molecule has 0 saturated carbocycles. The lowest BCUT2D eigenvalue weighted by Gasteiger charge is -2.41. The van der Waals surface area contributed by atoms with E-state index in [1.165, 1.54) is 4.90 Å². The summed E-state index contributed by atoms with van der Waals surface area (Å²) in [6, 6.07) is 10.1. The Morgan fingerprint density at radius 1 is 1.20 bits per heavy atom. The van der Waals surface area contributed by atoms with Gasteiger partial charge < -0.3 is 19.7 Å². The lowest BCUT2D eigenvalue weighted by molar-refractivity contribution is -0.148. The van der Waals surface area contributed by atoms with Gasteiger partial charge in [0.25, 0.3) is 5.91 Å². The van der Waals surface area contributed by atoms with E-state index in [2.05, 4.69) is 5.32 Å². The lowest BCUT2D eigenvalue weighted by atomic mass is 9.80. The summed E-state index contributed by atoms with van der Waals surface area (Å²) >= 11 is 6.43. The van der Waals surface area contributed by atoms with Crippen LogP contribution >= 0.6 is 11.6 Å². The highest BCUT2D eigenvalue weighted by Gasteiger charge is 2.60. The van der Waals surface area contributed by atoms with E-state index in [0.29, 0.717) is 27.6 Å². The number of fused-ring (bicyclic) bond motifs is 1. The quantitative estimate of drug-likeness (QED) is 0.613. The molecule has 1 fully saturated rings. The van der Waals surface area contributed by atoms with Crippen molar-refractivity contribution in [1.82, 2.24) is 9.80 Å². The standard InChI is InChI=1S/C26H30ClN3O5/c1-6-23(31)35-17-13-21(24(32)29(3)4)30(14-17)26(19-11-15(2)7-10-22(19)34-5)18-12-16(27)8-9-20(18)28-25(26)33/h7-12,17,21H,6,13-14H2,1-5H3,(H,28,33)/t17-,21+,26?/m1/s1. The molecule has 2 aromatic carbocycles. The lowest BCUT2D eigenvalue weighted by Crippen LogP contribution is -2.57. The molecular weight excluding hydrogens is 470 g/mol. The molecule has 2 aromatic rings. The molecule has 0 bridgehead atoms. The van der Waals surface area contributed by atoms with E-state index in [9.17, 15) is 14.4 Å². The first-order valence-electron chi connectivity index (χ1n) is 11.6. The summed E-state index contributed by atoms with van der Waals surface area (Å²) in [5, 5.41) is 3.45. The largest absolute Gasteiger partial charge is 0.496 e. The number of hydrogen-bond donors (Lipinski definition) is 1. The highest BCUT2D eigenvalue weighted by Crippen LogP contribution is 2.51. The Labute approximate surface area is 210 Å². The number of carbonyl (C=O) groups excluding carboxylic acids is 3. The van der Waals surface area contributed by atoms with Crippen molar-refractivity contribution in [3.63, 3.8) is 0 Å². The predicted octanol–water partition coefficient (Wildman–Crippen LogP) is 3.34. The summed E-state index contributed by atoms with van der Waals surface area (Å²) in [6.07, 6.45) is -0.0690. The van der Waals surface area contributed by atoms with E-state index >= 15 is 0 Å². The normalized spacial score (nSPS) is 23.5. The van der Waals surface area contributed by atoms with Gasteiger partial charge >= 0.3 is 5.97 Å². The average Bonchev–Trinajstić information content (AvgIpc) is 3.36. The van der Waals surface area contributed by atoms with E-state index < -0.39 is 17.7 Å². The molecule has 35 heavy (non-hydrogen) atoms. The van der Waals surface area contributed by atoms with E-state index in [1.54, 1.807) is 46.3 Å². The van der Waals surface area contributed by atoms with Gasteiger partial charge in [0.15, 0.2) is 5.54 Å². The molecule has 1 N–H and O–H groups in total. The molecular formula is C26H30ClN3O5. The summed E-state index contributed by atoms with van der Waals surface area (Å²) in [6.45, 7) is 3.84. The fourth-order valence-electron chi connectivity index (χ4n) is 5.13. The zero-order chi connectivity index (χ0) is 25.5. The van der Waals surface area contributed by atoms with Crippen LogP contribution in [0.5, 0.6) is 5.75 Å². The van der Waals surface area contributed by atoms with Crippen LogP contribution in [0.3, 0.4) is 0 Å². The zero-order valence-corrected chi connectivity index (χ0v) is 21.3. The Bertz CT molecular complexity index is 1180. The number of amides is 2. The molecule has 2 heterocycles. The number of likely N-dealkylation sites (tertiary alicyclic amines) is 1. The molecule has 3 atom stereocenters. The van der Waals surface area contributed by atoms with Crippen molar-refractivity contribution < 1.29 is 23.9 Å². The number of likely N-dealkylation sites (N-methyl/N-ethyl adjacent to an activating group) is 1. The van der Waals surface area contributed by atoms with Crippen molar-refractivity contribution in [2.45, 2.75) is 44.4 Å². The van der Waals surface area contributed by atoms with Gasteiger partial charge in [-0.1, -0.05) is 30.2 Å². The predicted molar refractivity (Wildman–Crippen MR) is 133 cm³/mol. The first-order valence-corrected chi connectivity index (χ1v) is 11.9. The van der Waals surface area contributed by atoms with E-state index in [1.807, 2.05) is 30.0 Å². The molecule has 186 valence electrons. The van der Waals surface area contributed by atoms with Gasteiger partial charge in [0.1, 0.15) is 11.9 Å². The highest BCUT2D eigenvalue weighted by atomic mass is 35.5. The van der Waals surface area contributed by atoms with Gasteiger partial charge in [-0.3, -0.25) is 19.3 Å². The van der Waals surface area contributed by atoms with Gasteiger partial charge in [-0.2, -0.15) is 0 Å². The minimum Gasteiger partial charge on any atom is -0.496 e. The second-order valence-electron chi connectivity index (χ2n) is 9.16. The summed E-state index contributed by atoms with van der Waals surface area (Å²) in [5.41, 5.74) is 1.32. The van der Waals surface area contributed by atoms with Crippen molar-refractivity contribution in [1.29, 1.82) is 0 Å². The molecule has 2 aliphatic heterocycles. The van der Waals surface area contributed by atoms with Gasteiger partial charge in [0, 0.05) is 55.3 Å². The van der Waals surface area contributed by atoms with Crippen LogP contribution in [0, 0.1) is 6.92 Å². The van der Waals surface area contributed by atoms with E-state index in [0.717, 1.165) is 5.56 Å². The molecule has 0 aromatic heterocycles. The molecule has 2 aliphatic rings. The number of anilines is 1. The smallest absolute Gasteiger partial charge is 0.305 e. The molecule has 2 amide bonds. The summed E-state index contributed by atoms with van der Waals surface area (Å²) in [4.78, 5) is 43.0. The number of nitrogens with one attached hydrogen (secondary N) is 1. The maximum Gasteiger partial charge on any atom is 0.305 e. The molecule has 0 aliphatic carbocycles. The third kappa shape index (κ3) is 4.15. The fourth-order valence-corrected chi connectivity index (χ4v) is 5.30. The van der Waals surface area contributed by atoms with Crippen LogP contribution < -0.4 is 10.1 Å². The van der Waals surface area contributed by atoms with Gasteiger partial charge in [0.2, 0.25) is 5.91 Å². The molecule has 1 saturated heterocycles. The Morgan fingerprint density at radius 3 is 2.60 bits per heavy atom. The number of methoxy groups -OCH3 is 1. The number of hydrogen-bond acceptors (Lipinski definition) is 6. The Hall–Kier alpha value is -3.10. The number of halogens is 1. The second-order valence-corrected chi connectivity index (χ2v) is 9.60. The number of esters is 1. The van der Waals surface area contributed by atoms with E-state index in [4.69, 9.17) is 21.1 Å². The summed E-state index contributed by atoms with van der Waals surface area (Å²) in [7, 11) is 4.89. The van der Waals surface area contributed by atoms with Crippen LogP contribution in [0.1, 0.15) is 36.5 Å². The molecule has 8 nitrogen and oxygen atoms in total. The molecule has 0 radical (unpaired) electrons. The molecule has 1 unspecified atom stereocenters. The number of rotatable bonds is 6.